The van der Waals surface area contributed by atoms with Crippen LogP contribution in [0.15, 0.2) is 0 Å². The molecule has 8 heteroatoms. The molecule has 0 fully saturated rings. The third kappa shape index (κ3) is 5.57. The van der Waals surface area contributed by atoms with Crippen molar-refractivity contribution in [3.8, 4) is 0 Å². The molecular formula is C8H17NO5S2. The van der Waals surface area contributed by atoms with Crippen LogP contribution in [-0.4, -0.2) is 47.0 Å². The molecule has 0 saturated heterocycles. The van der Waals surface area contributed by atoms with E-state index >= 15 is 0 Å². The van der Waals surface area contributed by atoms with Gasteiger partial charge in [-0.2, -0.15) is 0 Å². The van der Waals surface area contributed by atoms with Gasteiger partial charge >= 0.3 is 5.97 Å². The molecule has 0 aliphatic heterocycles. The first-order valence-corrected chi connectivity index (χ1v) is 7.98. The Labute approximate surface area is 97.9 Å². The molecule has 0 rings (SSSR count). The first-order chi connectivity index (χ1) is 7.16. The maximum atomic E-state index is 11.5. The minimum absolute atomic E-state index is 0.380. The Morgan fingerprint density at radius 2 is 1.94 bits per heavy atom. The zero-order valence-electron chi connectivity index (χ0n) is 9.47. The fourth-order valence-electron chi connectivity index (χ4n) is 0.917. The summed E-state index contributed by atoms with van der Waals surface area (Å²) in [5, 5.41) is 7.10. The number of rotatable bonds is 7. The van der Waals surface area contributed by atoms with Gasteiger partial charge in [-0.25, -0.2) is 13.1 Å². The standard InChI is InChI=1S/C8H17NO5S2/c1-6(4-5-15(3)12)9-16(13,14)7(2)8(10)11/h6-7,9H,4-5H2,1-3H3,(H,10,11). The van der Waals surface area contributed by atoms with Crippen LogP contribution in [0, 0.1) is 0 Å². The fourth-order valence-corrected chi connectivity index (χ4v) is 2.75. The average Bonchev–Trinajstić information content (AvgIpc) is 2.12. The molecule has 3 unspecified atom stereocenters. The van der Waals surface area contributed by atoms with E-state index in [9.17, 15) is 17.4 Å². The second-order valence-corrected chi connectivity index (χ2v) is 7.20. The maximum Gasteiger partial charge on any atom is 0.323 e. The van der Waals surface area contributed by atoms with Crippen LogP contribution in [-0.2, 0) is 25.6 Å². The number of nitrogens with one attached hydrogen (secondary N) is 1. The van der Waals surface area contributed by atoms with Crippen molar-refractivity contribution in [2.24, 2.45) is 0 Å². The molecule has 16 heavy (non-hydrogen) atoms. The Kier molecular flexibility index (Phi) is 6.13. The van der Waals surface area contributed by atoms with Gasteiger partial charge in [0.05, 0.1) is 0 Å². The molecule has 0 saturated carbocycles. The Bertz CT molecular complexity index is 365. The lowest BCUT2D eigenvalue weighted by Crippen LogP contribution is -2.42. The first-order valence-electron chi connectivity index (χ1n) is 4.70. The van der Waals surface area contributed by atoms with Crippen LogP contribution < -0.4 is 4.72 Å². The number of sulfonamides is 1. The summed E-state index contributed by atoms with van der Waals surface area (Å²) in [6.45, 7) is 2.72. The van der Waals surface area contributed by atoms with Gasteiger partial charge in [0, 0.05) is 28.9 Å². The second-order valence-electron chi connectivity index (χ2n) is 3.61. The van der Waals surface area contributed by atoms with Crippen LogP contribution in [0.4, 0.5) is 0 Å². The SMILES string of the molecule is CC(CCS(C)=O)NS(=O)(=O)C(C)C(=O)O. The Hall–Kier alpha value is -0.470. The summed E-state index contributed by atoms with van der Waals surface area (Å²) < 4.78 is 36.0. The summed E-state index contributed by atoms with van der Waals surface area (Å²) in [5.41, 5.74) is 0. The van der Waals surface area contributed by atoms with Crippen LogP contribution in [0.25, 0.3) is 0 Å². The quantitative estimate of drug-likeness (QED) is 0.652. The van der Waals surface area contributed by atoms with Gasteiger partial charge in [0.15, 0.2) is 5.25 Å². The van der Waals surface area contributed by atoms with E-state index in [0.717, 1.165) is 6.92 Å². The molecule has 0 aromatic rings. The predicted octanol–water partition coefficient (Wildman–Crippen LogP) is -0.464. The van der Waals surface area contributed by atoms with Gasteiger partial charge in [0.2, 0.25) is 10.0 Å². The largest absolute Gasteiger partial charge is 0.480 e. The molecule has 96 valence electrons. The smallest absolute Gasteiger partial charge is 0.323 e. The van der Waals surface area contributed by atoms with Crippen LogP contribution in [0.2, 0.25) is 0 Å². The van der Waals surface area contributed by atoms with Crippen LogP contribution >= 0.6 is 0 Å². The minimum atomic E-state index is -3.86. The van der Waals surface area contributed by atoms with Gasteiger partial charge < -0.3 is 5.11 Å². The molecule has 0 aliphatic carbocycles. The number of carbonyl (C=O) groups is 1. The molecule has 6 nitrogen and oxygen atoms in total. The molecule has 0 radical (unpaired) electrons. The summed E-state index contributed by atoms with van der Waals surface area (Å²) in [6.07, 6.45) is 1.94. The summed E-state index contributed by atoms with van der Waals surface area (Å²) in [5.74, 6) is -1.01. The van der Waals surface area contributed by atoms with Crippen LogP contribution in [0.3, 0.4) is 0 Å². The van der Waals surface area contributed by atoms with Crippen molar-refractivity contribution in [1.29, 1.82) is 0 Å². The van der Waals surface area contributed by atoms with Gasteiger partial charge in [0.1, 0.15) is 0 Å². The van der Waals surface area contributed by atoms with Crippen LogP contribution in [0.5, 0.6) is 0 Å². The Balaban J connectivity index is 4.37. The molecule has 0 aromatic heterocycles. The lowest BCUT2D eigenvalue weighted by atomic mass is 10.3. The average molecular weight is 271 g/mol. The third-order valence-corrected chi connectivity index (χ3v) is 4.69. The molecule has 0 bridgehead atoms. The molecule has 0 amide bonds. The zero-order valence-corrected chi connectivity index (χ0v) is 11.1. The molecule has 2 N–H and O–H groups in total. The zero-order chi connectivity index (χ0) is 12.9. The van der Waals surface area contributed by atoms with Crippen molar-refractivity contribution in [3.05, 3.63) is 0 Å². The van der Waals surface area contributed by atoms with E-state index in [0.29, 0.717) is 12.2 Å². The van der Waals surface area contributed by atoms with Gasteiger partial charge in [-0.1, -0.05) is 0 Å². The van der Waals surface area contributed by atoms with E-state index in [2.05, 4.69) is 4.72 Å². The Morgan fingerprint density at radius 3 is 2.31 bits per heavy atom. The van der Waals surface area contributed by atoms with E-state index in [1.807, 2.05) is 0 Å². The number of aliphatic carboxylic acids is 1. The highest BCUT2D eigenvalue weighted by Crippen LogP contribution is 2.02. The summed E-state index contributed by atoms with van der Waals surface area (Å²) in [4.78, 5) is 10.5. The highest BCUT2D eigenvalue weighted by molar-refractivity contribution is 7.90. The number of carboxylic acids is 1. The van der Waals surface area contributed by atoms with Crippen LogP contribution in [0.1, 0.15) is 20.3 Å². The summed E-state index contributed by atoms with van der Waals surface area (Å²) in [6, 6.07) is -0.421. The molecule has 3 atom stereocenters. The van der Waals surface area contributed by atoms with Crippen molar-refractivity contribution >= 4 is 26.8 Å². The van der Waals surface area contributed by atoms with Gasteiger partial charge in [-0.3, -0.25) is 9.00 Å². The van der Waals surface area contributed by atoms with Gasteiger partial charge in [0.25, 0.3) is 0 Å². The predicted molar refractivity (Wildman–Crippen MR) is 62.2 cm³/mol. The summed E-state index contributed by atoms with van der Waals surface area (Å²) >= 11 is 0. The highest BCUT2D eigenvalue weighted by atomic mass is 32.2. The number of carboxylic acid groups (broad SMARTS) is 1. The molecule has 0 aromatic carbocycles. The minimum Gasteiger partial charge on any atom is -0.480 e. The van der Waals surface area contributed by atoms with Crippen molar-refractivity contribution in [3.63, 3.8) is 0 Å². The van der Waals surface area contributed by atoms with Crippen molar-refractivity contribution in [1.82, 2.24) is 4.72 Å². The molecular weight excluding hydrogens is 254 g/mol. The third-order valence-electron chi connectivity index (χ3n) is 2.02. The molecule has 0 heterocycles. The van der Waals surface area contributed by atoms with Gasteiger partial charge in [-0.15, -0.1) is 0 Å². The topological polar surface area (TPSA) is 101 Å². The summed E-state index contributed by atoms with van der Waals surface area (Å²) in [7, 11) is -4.84. The van der Waals surface area contributed by atoms with Gasteiger partial charge in [-0.05, 0) is 20.3 Å². The first kappa shape index (κ1) is 15.5. The number of hydrogen-bond donors (Lipinski definition) is 2. The second kappa shape index (κ2) is 6.31. The van der Waals surface area contributed by atoms with E-state index in [1.54, 1.807) is 6.92 Å². The fraction of sp³-hybridized carbons (Fsp3) is 0.875. The lowest BCUT2D eigenvalue weighted by molar-refractivity contribution is -0.136. The Morgan fingerprint density at radius 1 is 1.44 bits per heavy atom. The van der Waals surface area contributed by atoms with Crippen molar-refractivity contribution in [2.75, 3.05) is 12.0 Å². The monoisotopic (exact) mass is 271 g/mol. The lowest BCUT2D eigenvalue weighted by Gasteiger charge is -2.15. The van der Waals surface area contributed by atoms with Crippen molar-refractivity contribution in [2.45, 2.75) is 31.6 Å². The molecule has 0 aliphatic rings. The van der Waals surface area contributed by atoms with E-state index < -0.39 is 38.1 Å². The van der Waals surface area contributed by atoms with E-state index in [4.69, 9.17) is 5.11 Å². The normalized spacial score (nSPS) is 17.7. The maximum absolute atomic E-state index is 11.5. The highest BCUT2D eigenvalue weighted by Gasteiger charge is 2.28. The molecule has 0 spiro atoms. The van der Waals surface area contributed by atoms with E-state index in [-0.39, 0.29) is 0 Å². The van der Waals surface area contributed by atoms with E-state index in [1.165, 1.54) is 6.26 Å². The van der Waals surface area contributed by atoms with Crippen molar-refractivity contribution < 1.29 is 22.5 Å². The number of hydrogen-bond acceptors (Lipinski definition) is 4.